The van der Waals surface area contributed by atoms with Crippen LogP contribution in [0.5, 0.6) is 0 Å². The van der Waals surface area contributed by atoms with Crippen molar-refractivity contribution in [2.75, 3.05) is 6.54 Å². The first kappa shape index (κ1) is 16.6. The number of benzene rings is 2. The van der Waals surface area contributed by atoms with Crippen molar-refractivity contribution >= 4 is 11.7 Å². The van der Waals surface area contributed by atoms with E-state index < -0.39 is 22.9 Å². The van der Waals surface area contributed by atoms with Gasteiger partial charge in [-0.05, 0) is 17.7 Å². The minimum atomic E-state index is -0.978. The highest BCUT2D eigenvalue weighted by molar-refractivity contribution is 5.77. The molecular formula is C17H18N2O4. The lowest BCUT2D eigenvalue weighted by Gasteiger charge is -2.25. The maximum Gasteiger partial charge on any atom is 0.312 e. The first-order valence-electron chi connectivity index (χ1n) is 7.30. The normalized spacial score (nSPS) is 13.3. The Kier molecular flexibility index (Phi) is 5.43. The summed E-state index contributed by atoms with van der Waals surface area (Å²) in [6.45, 7) is 2.41. The zero-order chi connectivity index (χ0) is 16.8. The molecule has 2 atom stereocenters. The van der Waals surface area contributed by atoms with E-state index in [9.17, 15) is 20.0 Å². The number of nitrogens with zero attached hydrogens (tertiary/aromatic N) is 1. The van der Waals surface area contributed by atoms with Crippen molar-refractivity contribution in [3.63, 3.8) is 0 Å². The molecule has 0 spiro atoms. The fourth-order valence-corrected chi connectivity index (χ4v) is 2.62. The molecule has 6 nitrogen and oxygen atoms in total. The minimum absolute atomic E-state index is 0.0531. The molecule has 0 aliphatic heterocycles. The van der Waals surface area contributed by atoms with Crippen LogP contribution >= 0.6 is 0 Å². The summed E-state index contributed by atoms with van der Waals surface area (Å²) in [5.41, 5.74) is 1.18. The molecule has 0 saturated carbocycles. The molecule has 6 heteroatoms. The average molecular weight is 314 g/mol. The standard InChI is InChI=1S/C17H18N2O4/c1-2-18-16(13-9-6-10-14(11-13)19(22)23)15(17(20)21)12-7-4-3-5-8-12/h3-11,15-16,18H,2H2,1H3,(H,20,21). The van der Waals surface area contributed by atoms with Gasteiger partial charge >= 0.3 is 5.97 Å². The van der Waals surface area contributed by atoms with Gasteiger partial charge in [0.25, 0.3) is 5.69 Å². The molecule has 0 aliphatic rings. The molecule has 120 valence electrons. The van der Waals surface area contributed by atoms with Gasteiger partial charge < -0.3 is 10.4 Å². The molecule has 2 unspecified atom stereocenters. The summed E-state index contributed by atoms with van der Waals surface area (Å²) in [5.74, 6) is -1.81. The molecule has 0 aromatic heterocycles. The Hall–Kier alpha value is -2.73. The van der Waals surface area contributed by atoms with Crippen molar-refractivity contribution in [3.8, 4) is 0 Å². The lowest BCUT2D eigenvalue weighted by Crippen LogP contribution is -2.31. The number of carbonyl (C=O) groups is 1. The molecule has 2 rings (SSSR count). The van der Waals surface area contributed by atoms with E-state index in [1.165, 1.54) is 12.1 Å². The van der Waals surface area contributed by atoms with Gasteiger partial charge in [0.15, 0.2) is 0 Å². The van der Waals surface area contributed by atoms with Gasteiger partial charge in [-0.15, -0.1) is 0 Å². The molecule has 23 heavy (non-hydrogen) atoms. The van der Waals surface area contributed by atoms with Crippen LogP contribution in [0.15, 0.2) is 54.6 Å². The highest BCUT2D eigenvalue weighted by Crippen LogP contribution is 2.32. The Labute approximate surface area is 133 Å². The average Bonchev–Trinajstić information content (AvgIpc) is 2.55. The lowest BCUT2D eigenvalue weighted by molar-refractivity contribution is -0.384. The summed E-state index contributed by atoms with van der Waals surface area (Å²) in [5, 5.41) is 23.8. The number of carboxylic acid groups (broad SMARTS) is 1. The molecular weight excluding hydrogens is 296 g/mol. The largest absolute Gasteiger partial charge is 0.481 e. The number of hydrogen-bond acceptors (Lipinski definition) is 4. The number of nitro groups is 1. The second-order valence-electron chi connectivity index (χ2n) is 5.11. The summed E-state index contributed by atoms with van der Waals surface area (Å²) in [6.07, 6.45) is 0. The molecule has 0 bridgehead atoms. The second-order valence-corrected chi connectivity index (χ2v) is 5.11. The van der Waals surface area contributed by atoms with Crippen molar-refractivity contribution in [3.05, 3.63) is 75.8 Å². The first-order chi connectivity index (χ1) is 11.0. The van der Waals surface area contributed by atoms with Crippen LogP contribution in [0.3, 0.4) is 0 Å². The van der Waals surface area contributed by atoms with Gasteiger partial charge in [0.05, 0.1) is 4.92 Å². The van der Waals surface area contributed by atoms with Crippen LogP contribution in [-0.4, -0.2) is 22.5 Å². The SMILES string of the molecule is CCNC(c1cccc([N+](=O)[O-])c1)C(C(=O)O)c1ccccc1. The van der Waals surface area contributed by atoms with E-state index in [1.54, 1.807) is 36.4 Å². The van der Waals surface area contributed by atoms with E-state index in [0.717, 1.165) is 0 Å². The van der Waals surface area contributed by atoms with Crippen molar-refractivity contribution in [1.29, 1.82) is 0 Å². The fourth-order valence-electron chi connectivity index (χ4n) is 2.62. The van der Waals surface area contributed by atoms with Gasteiger partial charge in [-0.25, -0.2) is 0 Å². The number of aliphatic carboxylic acids is 1. The number of likely N-dealkylation sites (N-methyl/N-ethyl adjacent to an activating group) is 1. The van der Waals surface area contributed by atoms with E-state index in [2.05, 4.69) is 5.32 Å². The zero-order valence-electron chi connectivity index (χ0n) is 12.7. The van der Waals surface area contributed by atoms with Crippen LogP contribution in [0.25, 0.3) is 0 Å². The van der Waals surface area contributed by atoms with Crippen molar-refractivity contribution in [2.24, 2.45) is 0 Å². The van der Waals surface area contributed by atoms with Gasteiger partial charge in [-0.3, -0.25) is 14.9 Å². The monoisotopic (exact) mass is 314 g/mol. The van der Waals surface area contributed by atoms with Gasteiger partial charge in [0, 0.05) is 18.2 Å². The number of hydrogen-bond donors (Lipinski definition) is 2. The third-order valence-electron chi connectivity index (χ3n) is 3.62. The second kappa shape index (κ2) is 7.51. The molecule has 0 aliphatic carbocycles. The molecule has 0 heterocycles. The summed E-state index contributed by atoms with van der Waals surface area (Å²) in [7, 11) is 0. The zero-order valence-corrected chi connectivity index (χ0v) is 12.7. The number of rotatable bonds is 7. The molecule has 0 saturated heterocycles. The van der Waals surface area contributed by atoms with E-state index in [1.807, 2.05) is 13.0 Å². The molecule has 0 amide bonds. The van der Waals surface area contributed by atoms with Crippen LogP contribution in [0.4, 0.5) is 5.69 Å². The molecule has 2 N–H and O–H groups in total. The Balaban J connectivity index is 2.48. The van der Waals surface area contributed by atoms with Crippen LogP contribution in [0, 0.1) is 10.1 Å². The highest BCUT2D eigenvalue weighted by Gasteiger charge is 2.31. The van der Waals surface area contributed by atoms with E-state index in [0.29, 0.717) is 17.7 Å². The quantitative estimate of drug-likeness (QED) is 0.605. The molecule has 0 radical (unpaired) electrons. The van der Waals surface area contributed by atoms with E-state index in [4.69, 9.17) is 0 Å². The number of nitro benzene ring substituents is 1. The molecule has 2 aromatic carbocycles. The van der Waals surface area contributed by atoms with Gasteiger partial charge in [0.2, 0.25) is 0 Å². The first-order valence-corrected chi connectivity index (χ1v) is 7.30. The smallest absolute Gasteiger partial charge is 0.312 e. The minimum Gasteiger partial charge on any atom is -0.481 e. The van der Waals surface area contributed by atoms with Crippen molar-refractivity contribution in [1.82, 2.24) is 5.32 Å². The molecule has 0 fully saturated rings. The van der Waals surface area contributed by atoms with Gasteiger partial charge in [-0.1, -0.05) is 49.4 Å². The number of non-ortho nitro benzene ring substituents is 1. The van der Waals surface area contributed by atoms with Crippen LogP contribution in [0.1, 0.15) is 30.0 Å². The summed E-state index contributed by atoms with van der Waals surface area (Å²) in [6, 6.07) is 14.4. The van der Waals surface area contributed by atoms with Gasteiger partial charge in [-0.2, -0.15) is 0 Å². The third kappa shape index (κ3) is 3.92. The number of nitrogens with one attached hydrogen (secondary N) is 1. The Morgan fingerprint density at radius 2 is 1.83 bits per heavy atom. The highest BCUT2D eigenvalue weighted by atomic mass is 16.6. The summed E-state index contributed by atoms with van der Waals surface area (Å²) >= 11 is 0. The van der Waals surface area contributed by atoms with Crippen LogP contribution in [-0.2, 0) is 4.79 Å². The summed E-state index contributed by atoms with van der Waals surface area (Å²) in [4.78, 5) is 22.3. The summed E-state index contributed by atoms with van der Waals surface area (Å²) < 4.78 is 0. The lowest BCUT2D eigenvalue weighted by atomic mass is 9.87. The topological polar surface area (TPSA) is 92.5 Å². The Bertz CT molecular complexity index is 688. The van der Waals surface area contributed by atoms with Crippen molar-refractivity contribution in [2.45, 2.75) is 18.9 Å². The fraction of sp³-hybridized carbons (Fsp3) is 0.235. The van der Waals surface area contributed by atoms with Gasteiger partial charge in [0.1, 0.15) is 5.92 Å². The number of carboxylic acids is 1. The predicted octanol–water partition coefficient (Wildman–Crippen LogP) is 3.11. The van der Waals surface area contributed by atoms with Crippen molar-refractivity contribution < 1.29 is 14.8 Å². The Morgan fingerprint density at radius 3 is 2.39 bits per heavy atom. The maximum atomic E-state index is 11.8. The van der Waals surface area contributed by atoms with Crippen LogP contribution in [0.2, 0.25) is 0 Å². The van der Waals surface area contributed by atoms with E-state index >= 15 is 0 Å². The Morgan fingerprint density at radius 1 is 1.17 bits per heavy atom. The van der Waals surface area contributed by atoms with E-state index in [-0.39, 0.29) is 5.69 Å². The third-order valence-corrected chi connectivity index (χ3v) is 3.62. The molecule has 2 aromatic rings. The maximum absolute atomic E-state index is 11.8. The van der Waals surface area contributed by atoms with Crippen LogP contribution < -0.4 is 5.32 Å². The predicted molar refractivity (Wildman–Crippen MR) is 86.3 cm³/mol.